The number of carbonyl (C=O) groups is 1. The third-order valence-corrected chi connectivity index (χ3v) is 2.03. The van der Waals surface area contributed by atoms with Crippen LogP contribution < -0.4 is 0 Å². The molecule has 0 fully saturated rings. The number of aromatic carboxylic acids is 1. The fraction of sp³-hybridized carbons (Fsp3) is 0.636. The van der Waals surface area contributed by atoms with Crippen molar-refractivity contribution in [2.45, 2.75) is 26.4 Å². The maximum atomic E-state index is 10.9. The van der Waals surface area contributed by atoms with Crippen molar-refractivity contribution in [1.29, 1.82) is 0 Å². The molecule has 0 aliphatic carbocycles. The maximum absolute atomic E-state index is 10.9. The lowest BCUT2D eigenvalue weighted by molar-refractivity contribution is 0.0651. The Bertz CT molecular complexity index is 361. The molecular weight excluding hydrogens is 226 g/mol. The van der Waals surface area contributed by atoms with E-state index in [2.05, 4.69) is 4.98 Å². The van der Waals surface area contributed by atoms with Gasteiger partial charge in [0.25, 0.3) is 0 Å². The van der Waals surface area contributed by atoms with Gasteiger partial charge in [-0.15, -0.1) is 0 Å². The molecule has 0 aliphatic rings. The minimum atomic E-state index is -1.13. The minimum Gasteiger partial charge on any atom is -0.475 e. The van der Waals surface area contributed by atoms with E-state index in [0.717, 1.165) is 6.42 Å². The summed E-state index contributed by atoms with van der Waals surface area (Å²) in [6, 6.07) is 0. The molecule has 1 N–H and O–H groups in total. The second-order valence-electron chi connectivity index (χ2n) is 3.48. The lowest BCUT2D eigenvalue weighted by Gasteiger charge is -1.98. The van der Waals surface area contributed by atoms with Crippen LogP contribution >= 0.6 is 0 Å². The molecule has 0 amide bonds. The third-order valence-electron chi connectivity index (χ3n) is 2.03. The van der Waals surface area contributed by atoms with Crippen LogP contribution in [0.4, 0.5) is 0 Å². The molecule has 1 heterocycles. The number of oxazole rings is 1. The zero-order valence-electron chi connectivity index (χ0n) is 10.1. The van der Waals surface area contributed by atoms with Crippen molar-refractivity contribution in [3.63, 3.8) is 0 Å². The minimum absolute atomic E-state index is 0.126. The molecule has 0 spiro atoms. The number of ether oxygens (including phenoxy) is 2. The average Bonchev–Trinajstić information content (AvgIpc) is 2.68. The number of hydrogen-bond donors (Lipinski definition) is 1. The van der Waals surface area contributed by atoms with Crippen LogP contribution in [0, 0.1) is 0 Å². The summed E-state index contributed by atoms with van der Waals surface area (Å²) in [5.41, 5.74) is 0.311. The largest absolute Gasteiger partial charge is 0.475 e. The molecule has 0 saturated heterocycles. The van der Waals surface area contributed by atoms with Crippen LogP contribution in [0.25, 0.3) is 0 Å². The fourth-order valence-electron chi connectivity index (χ4n) is 1.32. The van der Waals surface area contributed by atoms with Crippen LogP contribution in [-0.2, 0) is 22.5 Å². The van der Waals surface area contributed by atoms with Gasteiger partial charge in [-0.25, -0.2) is 9.78 Å². The van der Waals surface area contributed by atoms with E-state index < -0.39 is 5.97 Å². The van der Waals surface area contributed by atoms with Crippen LogP contribution in [0.5, 0.6) is 0 Å². The molecule has 17 heavy (non-hydrogen) atoms. The van der Waals surface area contributed by atoms with Crippen molar-refractivity contribution < 1.29 is 23.8 Å². The second-order valence-corrected chi connectivity index (χ2v) is 3.48. The number of rotatable bonds is 8. The van der Waals surface area contributed by atoms with Gasteiger partial charge >= 0.3 is 5.97 Å². The Hall–Kier alpha value is -1.40. The van der Waals surface area contributed by atoms with Crippen LogP contribution in [0.1, 0.15) is 35.5 Å². The predicted octanol–water partition coefficient (Wildman–Crippen LogP) is 1.49. The molecule has 1 aromatic heterocycles. The van der Waals surface area contributed by atoms with Crippen molar-refractivity contribution >= 4 is 5.97 Å². The third kappa shape index (κ3) is 4.16. The van der Waals surface area contributed by atoms with Crippen molar-refractivity contribution in [3.05, 3.63) is 17.3 Å². The Kier molecular flexibility index (Phi) is 5.65. The summed E-state index contributed by atoms with van der Waals surface area (Å²) in [5, 5.41) is 8.89. The highest BCUT2D eigenvalue weighted by Crippen LogP contribution is 2.13. The number of carboxylic acid groups (broad SMARTS) is 1. The Labute approximate surface area is 99.5 Å². The predicted molar refractivity (Wildman–Crippen MR) is 59.0 cm³/mol. The molecule has 0 bridgehead atoms. The molecule has 0 aliphatic heterocycles. The van der Waals surface area contributed by atoms with E-state index in [1.807, 2.05) is 6.92 Å². The van der Waals surface area contributed by atoms with Gasteiger partial charge in [-0.05, 0) is 6.42 Å². The summed E-state index contributed by atoms with van der Waals surface area (Å²) in [5.74, 6) is -0.923. The topological polar surface area (TPSA) is 81.8 Å². The molecular formula is C11H17NO5. The standard InChI is InChI=1S/C11H17NO5/c1-3-5-16-6-4-9-12-8(7-15-2)10(17-9)11(13)14/h3-7H2,1-2H3,(H,13,14). The molecule has 0 aromatic carbocycles. The first-order valence-electron chi connectivity index (χ1n) is 5.47. The monoisotopic (exact) mass is 243 g/mol. The summed E-state index contributed by atoms with van der Waals surface area (Å²) >= 11 is 0. The fourth-order valence-corrected chi connectivity index (χ4v) is 1.32. The Morgan fingerprint density at radius 3 is 2.82 bits per heavy atom. The van der Waals surface area contributed by atoms with Gasteiger partial charge in [0.1, 0.15) is 5.69 Å². The molecule has 6 heteroatoms. The summed E-state index contributed by atoms with van der Waals surface area (Å²) in [7, 11) is 1.48. The van der Waals surface area contributed by atoms with E-state index in [1.54, 1.807) is 0 Å². The molecule has 1 aromatic rings. The summed E-state index contributed by atoms with van der Waals surface area (Å²) in [4.78, 5) is 14.9. The molecule has 0 atom stereocenters. The van der Waals surface area contributed by atoms with E-state index in [1.165, 1.54) is 7.11 Å². The highest BCUT2D eigenvalue weighted by atomic mass is 16.5. The Morgan fingerprint density at radius 1 is 1.47 bits per heavy atom. The number of methoxy groups -OCH3 is 1. The Balaban J connectivity index is 2.61. The van der Waals surface area contributed by atoms with E-state index >= 15 is 0 Å². The van der Waals surface area contributed by atoms with Crippen LogP contribution in [0.15, 0.2) is 4.42 Å². The van der Waals surface area contributed by atoms with Crippen LogP contribution in [-0.4, -0.2) is 36.4 Å². The van der Waals surface area contributed by atoms with Gasteiger partial charge in [0.05, 0.1) is 13.2 Å². The van der Waals surface area contributed by atoms with Gasteiger partial charge in [0, 0.05) is 20.1 Å². The average molecular weight is 243 g/mol. The second kappa shape index (κ2) is 7.03. The van der Waals surface area contributed by atoms with E-state index in [-0.39, 0.29) is 12.4 Å². The lowest BCUT2D eigenvalue weighted by atomic mass is 10.3. The van der Waals surface area contributed by atoms with Gasteiger partial charge in [-0.1, -0.05) is 6.92 Å². The SMILES string of the molecule is CCCOCCc1nc(COC)c(C(=O)O)o1. The normalized spacial score (nSPS) is 10.7. The highest BCUT2D eigenvalue weighted by Gasteiger charge is 2.18. The van der Waals surface area contributed by atoms with Crippen LogP contribution in [0.2, 0.25) is 0 Å². The number of aromatic nitrogens is 1. The van der Waals surface area contributed by atoms with Crippen molar-refractivity contribution in [2.75, 3.05) is 20.3 Å². The first kappa shape index (κ1) is 13.7. The Morgan fingerprint density at radius 2 is 2.24 bits per heavy atom. The van der Waals surface area contributed by atoms with E-state index in [0.29, 0.717) is 31.2 Å². The molecule has 1 rings (SSSR count). The summed E-state index contributed by atoms with van der Waals surface area (Å²) in [6.45, 7) is 3.29. The van der Waals surface area contributed by atoms with Gasteiger partial charge in [-0.3, -0.25) is 0 Å². The molecule has 0 radical (unpaired) electrons. The first-order chi connectivity index (χ1) is 8.19. The number of nitrogens with zero attached hydrogens (tertiary/aromatic N) is 1. The smallest absolute Gasteiger partial charge is 0.373 e. The zero-order valence-corrected chi connectivity index (χ0v) is 10.1. The van der Waals surface area contributed by atoms with Crippen molar-refractivity contribution in [1.82, 2.24) is 4.98 Å². The molecule has 96 valence electrons. The maximum Gasteiger partial charge on any atom is 0.373 e. The first-order valence-corrected chi connectivity index (χ1v) is 5.47. The summed E-state index contributed by atoms with van der Waals surface area (Å²) < 4.78 is 15.3. The number of hydrogen-bond acceptors (Lipinski definition) is 5. The van der Waals surface area contributed by atoms with E-state index in [9.17, 15) is 4.79 Å². The van der Waals surface area contributed by atoms with Gasteiger partial charge in [-0.2, -0.15) is 0 Å². The number of carboxylic acids is 1. The van der Waals surface area contributed by atoms with Crippen molar-refractivity contribution in [2.24, 2.45) is 0 Å². The van der Waals surface area contributed by atoms with Gasteiger partial charge < -0.3 is 19.0 Å². The lowest BCUT2D eigenvalue weighted by Crippen LogP contribution is -2.00. The summed E-state index contributed by atoms with van der Waals surface area (Å²) in [6.07, 6.45) is 1.41. The van der Waals surface area contributed by atoms with E-state index in [4.69, 9.17) is 19.0 Å². The van der Waals surface area contributed by atoms with Gasteiger partial charge in [0.15, 0.2) is 5.89 Å². The highest BCUT2D eigenvalue weighted by molar-refractivity contribution is 5.85. The van der Waals surface area contributed by atoms with Crippen LogP contribution in [0.3, 0.4) is 0 Å². The quantitative estimate of drug-likeness (QED) is 0.696. The molecule has 0 unspecified atom stereocenters. The molecule has 0 saturated carbocycles. The molecule has 6 nitrogen and oxygen atoms in total. The van der Waals surface area contributed by atoms with Crippen molar-refractivity contribution in [3.8, 4) is 0 Å². The zero-order chi connectivity index (χ0) is 12.7. The van der Waals surface area contributed by atoms with Gasteiger partial charge in [0.2, 0.25) is 5.76 Å².